The Labute approximate surface area is 640 Å². The van der Waals surface area contributed by atoms with E-state index in [1.54, 1.807) is 0 Å². The zero-order chi connectivity index (χ0) is 78.2. The van der Waals surface area contributed by atoms with Gasteiger partial charge < -0.3 is 0 Å². The second kappa shape index (κ2) is 57.3. The van der Waals surface area contributed by atoms with Crippen LogP contribution in [0.2, 0.25) is 0 Å². The average molecular weight is 1390 g/mol. The largest absolute Gasteiger partial charge is 0.0683 e. The highest BCUT2D eigenvalue weighted by Gasteiger charge is 2.09. The van der Waals surface area contributed by atoms with Gasteiger partial charge in [-0.15, -0.1) is 0 Å². The summed E-state index contributed by atoms with van der Waals surface area (Å²) in [7, 11) is 0. The molecule has 0 atom stereocenters. The molecule has 15 aromatic carbocycles. The Morgan fingerprint density at radius 3 is 0.590 bits per heavy atom. The van der Waals surface area contributed by atoms with Crippen molar-refractivity contribution in [3.05, 3.63) is 328 Å². The Balaban J connectivity index is 0.000000679. The minimum atomic E-state index is 1.25. The summed E-state index contributed by atoms with van der Waals surface area (Å²) in [6, 6.07) is 118. The standard InChI is InChI=1S/C30H20.C26H18.C22H16.3C3H8.9C2H6/c1-3-7-24-17-26(13-9-21(24)5-1)28-15-11-23-12-16-29(20-30(23)19-28)27-14-10-22-6-2-4-8-25(22)18-27;1-2-7-19(8-3-1)22-15-13-20-14-16-23(18-24(20)17-22)26-12-6-10-21-9-4-5-11-25(21)26;1-3-7-17(8-4-1)20-13-11-19-12-14-21(16-22(19)15-20)18-9-5-2-6-10-18;3*1-3-2;9*1-2/h1-20H;1-18H;1-16H;3*3H2,1-2H3;9*1-2H3. The molecule has 15 rings (SSSR count). The molecule has 0 unspecified atom stereocenters. The summed E-state index contributed by atoms with van der Waals surface area (Å²) in [5.41, 5.74) is 15.1. The molecule has 0 aliphatic heterocycles. The molecule has 0 saturated carbocycles. The van der Waals surface area contributed by atoms with Crippen molar-refractivity contribution in [1.29, 1.82) is 0 Å². The van der Waals surface area contributed by atoms with Gasteiger partial charge in [0, 0.05) is 0 Å². The summed E-state index contributed by atoms with van der Waals surface area (Å²) >= 11 is 0. The van der Waals surface area contributed by atoms with Gasteiger partial charge in [-0.3, -0.25) is 0 Å². The lowest BCUT2D eigenvalue weighted by molar-refractivity contribution is 1.09. The van der Waals surface area contributed by atoms with Crippen molar-refractivity contribution < 1.29 is 0 Å². The van der Waals surface area contributed by atoms with Crippen molar-refractivity contribution in [2.24, 2.45) is 0 Å². The van der Waals surface area contributed by atoms with Gasteiger partial charge in [0.15, 0.2) is 0 Å². The van der Waals surface area contributed by atoms with Gasteiger partial charge in [-0.2, -0.15) is 0 Å². The van der Waals surface area contributed by atoms with Crippen LogP contribution in [0.3, 0.4) is 0 Å². The highest BCUT2D eigenvalue weighted by atomic mass is 14.1. The number of hydrogen-bond donors (Lipinski definition) is 0. The lowest BCUT2D eigenvalue weighted by Gasteiger charge is -2.09. The molecule has 0 aliphatic rings. The summed E-state index contributed by atoms with van der Waals surface area (Å²) in [4.78, 5) is 0. The van der Waals surface area contributed by atoms with Crippen molar-refractivity contribution in [2.45, 2.75) is 185 Å². The third kappa shape index (κ3) is 29.1. The fourth-order valence-electron chi connectivity index (χ4n) is 10.9. The SMILES string of the molecule is CC.CC.CC.CC.CC.CC.CC.CC.CC.CCC.CCC.CCC.c1ccc(-c2ccc3ccc(-c4cccc5ccccc45)cc3c2)cc1.c1ccc(-c2ccc3ccc(-c4ccccc4)cc3c2)cc1.c1ccc2cc(-c3ccc4ccc(-c5ccc6ccccc6c5)cc4c3)ccc2c1. The summed E-state index contributed by atoms with van der Waals surface area (Å²) in [6.07, 6.45) is 3.75. The van der Waals surface area contributed by atoms with Crippen molar-refractivity contribution >= 4 is 64.6 Å². The van der Waals surface area contributed by atoms with Crippen molar-refractivity contribution in [2.75, 3.05) is 0 Å². The van der Waals surface area contributed by atoms with Crippen LogP contribution >= 0.6 is 0 Å². The predicted molar refractivity (Wildman–Crippen MR) is 487 cm³/mol. The normalized spacial score (nSPS) is 9.26. The van der Waals surface area contributed by atoms with Gasteiger partial charge in [0.2, 0.25) is 0 Å². The van der Waals surface area contributed by atoms with E-state index in [0.717, 1.165) is 0 Å². The first-order chi connectivity index (χ1) is 51.9. The first-order valence-corrected chi connectivity index (χ1v) is 40.1. The molecule has 15 aromatic rings. The van der Waals surface area contributed by atoms with E-state index in [1.165, 1.54) is 151 Å². The Morgan fingerprint density at radius 2 is 0.314 bits per heavy atom. The summed E-state index contributed by atoms with van der Waals surface area (Å²) < 4.78 is 0. The zero-order valence-electron chi connectivity index (χ0n) is 69.3. The van der Waals surface area contributed by atoms with Crippen LogP contribution in [0.25, 0.3) is 131 Å². The Bertz CT molecular complexity index is 4450. The molecule has 0 radical (unpaired) electrons. The second-order valence-electron chi connectivity index (χ2n) is 22.2. The van der Waals surface area contributed by atoms with E-state index in [0.29, 0.717) is 0 Å². The lowest BCUT2D eigenvalue weighted by atomic mass is 9.95. The summed E-state index contributed by atoms with van der Waals surface area (Å²) in [5, 5.41) is 15.3. The van der Waals surface area contributed by atoms with Gasteiger partial charge in [0.05, 0.1) is 0 Å². The Kier molecular flexibility index (Phi) is 50.7. The second-order valence-corrected chi connectivity index (χ2v) is 22.2. The van der Waals surface area contributed by atoms with Crippen LogP contribution in [0.1, 0.15) is 185 Å². The quantitative estimate of drug-likeness (QED) is 0.156. The fraction of sp³-hybridized carbons (Fsp3) is 0.257. The molecular weight excluding hydrogens is 1260 g/mol. The van der Waals surface area contributed by atoms with Crippen LogP contribution in [0.4, 0.5) is 0 Å². The van der Waals surface area contributed by atoms with Crippen LogP contribution in [-0.4, -0.2) is 0 Å². The fourth-order valence-corrected chi connectivity index (χ4v) is 10.9. The average Bonchev–Trinajstić information content (AvgIpc) is 0.805. The Morgan fingerprint density at radius 1 is 0.133 bits per heavy atom. The minimum absolute atomic E-state index is 1.25. The summed E-state index contributed by atoms with van der Waals surface area (Å²) in [6.45, 7) is 48.8. The molecule has 0 N–H and O–H groups in total. The molecule has 0 nitrogen and oxygen atoms in total. The highest BCUT2D eigenvalue weighted by molar-refractivity contribution is 6.00. The van der Waals surface area contributed by atoms with E-state index in [2.05, 4.69) is 369 Å². The molecule has 0 amide bonds. The number of rotatable bonds is 6. The maximum atomic E-state index is 2.31. The third-order valence-electron chi connectivity index (χ3n) is 15.1. The van der Waals surface area contributed by atoms with Crippen LogP contribution in [-0.2, 0) is 0 Å². The van der Waals surface area contributed by atoms with E-state index in [4.69, 9.17) is 0 Å². The highest BCUT2D eigenvalue weighted by Crippen LogP contribution is 2.35. The van der Waals surface area contributed by atoms with E-state index in [9.17, 15) is 0 Å². The van der Waals surface area contributed by atoms with Crippen molar-refractivity contribution in [3.8, 4) is 66.8 Å². The molecule has 0 fully saturated rings. The molecule has 0 saturated heterocycles. The van der Waals surface area contributed by atoms with Gasteiger partial charge in [-0.05, 0) is 180 Å². The summed E-state index contributed by atoms with van der Waals surface area (Å²) in [5.74, 6) is 0. The zero-order valence-corrected chi connectivity index (χ0v) is 69.3. The van der Waals surface area contributed by atoms with Crippen LogP contribution in [0.5, 0.6) is 0 Å². The third-order valence-corrected chi connectivity index (χ3v) is 15.1. The van der Waals surface area contributed by atoms with Crippen molar-refractivity contribution in [1.82, 2.24) is 0 Å². The first-order valence-electron chi connectivity index (χ1n) is 40.1. The number of benzene rings is 15. The molecule has 0 spiro atoms. The van der Waals surface area contributed by atoms with Crippen LogP contribution in [0, 0.1) is 0 Å². The molecular formula is C105H132. The first kappa shape index (κ1) is 92.9. The van der Waals surface area contributed by atoms with E-state index in [-0.39, 0.29) is 0 Å². The van der Waals surface area contributed by atoms with Gasteiger partial charge >= 0.3 is 0 Å². The molecule has 0 aliphatic carbocycles. The lowest BCUT2D eigenvalue weighted by Crippen LogP contribution is -1.83. The minimum Gasteiger partial charge on any atom is -0.0683 e. The topological polar surface area (TPSA) is 0 Å². The van der Waals surface area contributed by atoms with E-state index >= 15 is 0 Å². The van der Waals surface area contributed by atoms with Gasteiger partial charge in [-0.25, -0.2) is 0 Å². The van der Waals surface area contributed by atoms with Crippen LogP contribution in [0.15, 0.2) is 328 Å². The smallest absolute Gasteiger partial charge is 0.0105 e. The molecule has 552 valence electrons. The predicted octanol–water partition coefficient (Wildman–Crippen LogP) is 35.5. The maximum absolute atomic E-state index is 2.31. The monoisotopic (exact) mass is 1390 g/mol. The molecule has 0 bridgehead atoms. The molecule has 0 heteroatoms. The Hall–Kier alpha value is -10.1. The number of hydrogen-bond acceptors (Lipinski definition) is 0. The van der Waals surface area contributed by atoms with Gasteiger partial charge in [-0.1, -0.05) is 464 Å². The van der Waals surface area contributed by atoms with Crippen molar-refractivity contribution in [3.63, 3.8) is 0 Å². The molecule has 105 heavy (non-hydrogen) atoms. The van der Waals surface area contributed by atoms with Gasteiger partial charge in [0.1, 0.15) is 0 Å². The van der Waals surface area contributed by atoms with Gasteiger partial charge in [0.25, 0.3) is 0 Å². The van der Waals surface area contributed by atoms with Crippen LogP contribution < -0.4 is 0 Å². The number of fused-ring (bicyclic) bond motifs is 6. The molecule has 0 heterocycles. The molecule has 0 aromatic heterocycles. The maximum Gasteiger partial charge on any atom is -0.0105 e. The van der Waals surface area contributed by atoms with E-state index in [1.807, 2.05) is 125 Å². The van der Waals surface area contributed by atoms with E-state index < -0.39 is 0 Å².